The Morgan fingerprint density at radius 1 is 1.14 bits per heavy atom. The molecule has 4 fully saturated rings. The highest BCUT2D eigenvalue weighted by Crippen LogP contribution is 2.66. The summed E-state index contributed by atoms with van der Waals surface area (Å²) in [6, 6.07) is 5.04. The molecule has 4 aliphatic rings. The summed E-state index contributed by atoms with van der Waals surface area (Å²) in [7, 11) is -4.52. The number of rotatable bonds is 6. The summed E-state index contributed by atoms with van der Waals surface area (Å²) >= 11 is 0. The first-order valence-electron chi connectivity index (χ1n) is 10.6. The first kappa shape index (κ1) is 20.8. The molecule has 1 N–H and O–H groups in total. The predicted molar refractivity (Wildman–Crippen MR) is 105 cm³/mol. The summed E-state index contributed by atoms with van der Waals surface area (Å²) in [5, 5.41) is 11.4. The third-order valence-corrected chi connectivity index (χ3v) is 8.88. The van der Waals surface area contributed by atoms with E-state index in [1.54, 1.807) is 0 Å². The second-order valence-corrected chi connectivity index (χ2v) is 10.7. The minimum absolute atomic E-state index is 0.0894. The number of carbonyl (C=O) groups excluding carboxylic acids is 1. The molecule has 0 heterocycles. The fourth-order valence-electron chi connectivity index (χ4n) is 6.84. The minimum Gasteiger partial charge on any atom is -0.744 e. The van der Waals surface area contributed by atoms with Gasteiger partial charge in [-0.3, -0.25) is 4.79 Å². The normalized spacial score (nSPS) is 33.7. The molecule has 2 atom stereocenters. The van der Waals surface area contributed by atoms with Crippen LogP contribution in [-0.2, 0) is 14.9 Å². The van der Waals surface area contributed by atoms with Gasteiger partial charge in [0.05, 0.1) is 16.4 Å². The van der Waals surface area contributed by atoms with Gasteiger partial charge in [0.2, 0.25) is 0 Å². The Bertz CT molecular complexity index is 870. The van der Waals surface area contributed by atoms with Crippen LogP contribution < -0.4 is 4.74 Å². The Hall–Kier alpha value is -1.44. The highest BCUT2D eigenvalue weighted by atomic mass is 32.2. The van der Waals surface area contributed by atoms with Gasteiger partial charge >= 0.3 is 5.97 Å². The number of hydrogen-bond donors (Lipinski definition) is 1. The number of hydrogen-bond acceptors (Lipinski definition) is 6. The first-order valence-corrected chi connectivity index (χ1v) is 12.0. The molecular weight excluding hydrogens is 392 g/mol. The van der Waals surface area contributed by atoms with E-state index in [-0.39, 0.29) is 39.8 Å². The van der Waals surface area contributed by atoms with Gasteiger partial charge < -0.3 is 14.4 Å². The van der Waals surface area contributed by atoms with Crippen LogP contribution in [-0.4, -0.2) is 29.6 Å². The standard InChI is InChI=1S/C22H30O6S/c1-3-22(24,4-2)21-11-14-9-15(12-21)19(16(10-14)13-21)20(23)28-17-5-7-18(8-6-17)29(25,26)27/h5-8,14-16,19,24H,3-4,9-13H2,1-2H3,(H,25,26,27)/p-1. The molecular formula is C22H29O6S-. The van der Waals surface area contributed by atoms with Crippen LogP contribution in [0.15, 0.2) is 29.2 Å². The second kappa shape index (κ2) is 7.06. The molecule has 160 valence electrons. The van der Waals surface area contributed by atoms with Crippen molar-refractivity contribution >= 4 is 16.1 Å². The average Bonchev–Trinajstić information content (AvgIpc) is 2.66. The number of esters is 1. The monoisotopic (exact) mass is 421 g/mol. The fraction of sp³-hybridized carbons (Fsp3) is 0.682. The van der Waals surface area contributed by atoms with Gasteiger partial charge in [-0.15, -0.1) is 0 Å². The van der Waals surface area contributed by atoms with E-state index >= 15 is 0 Å². The molecule has 29 heavy (non-hydrogen) atoms. The van der Waals surface area contributed by atoms with Crippen LogP contribution in [0.2, 0.25) is 0 Å². The lowest BCUT2D eigenvalue weighted by Crippen LogP contribution is -2.61. The van der Waals surface area contributed by atoms with Gasteiger partial charge in [-0.05, 0) is 92.4 Å². The van der Waals surface area contributed by atoms with Crippen molar-refractivity contribution in [2.45, 2.75) is 69.3 Å². The Balaban J connectivity index is 1.52. The number of carbonyl (C=O) groups is 1. The van der Waals surface area contributed by atoms with E-state index in [1.807, 2.05) is 0 Å². The average molecular weight is 422 g/mol. The summed E-state index contributed by atoms with van der Waals surface area (Å²) in [4.78, 5) is 12.7. The van der Waals surface area contributed by atoms with E-state index in [0.29, 0.717) is 5.92 Å². The molecule has 0 radical (unpaired) electrons. The van der Waals surface area contributed by atoms with Crippen LogP contribution in [0.1, 0.15) is 58.8 Å². The topological polar surface area (TPSA) is 104 Å². The maximum Gasteiger partial charge on any atom is 0.314 e. The molecule has 4 bridgehead atoms. The van der Waals surface area contributed by atoms with Crippen molar-refractivity contribution in [2.75, 3.05) is 0 Å². The lowest BCUT2D eigenvalue weighted by molar-refractivity contribution is -0.205. The van der Waals surface area contributed by atoms with E-state index in [1.165, 1.54) is 24.3 Å². The molecule has 0 amide bonds. The van der Waals surface area contributed by atoms with E-state index < -0.39 is 15.7 Å². The van der Waals surface area contributed by atoms with E-state index in [4.69, 9.17) is 4.74 Å². The van der Waals surface area contributed by atoms with Crippen LogP contribution in [0.3, 0.4) is 0 Å². The predicted octanol–water partition coefficient (Wildman–Crippen LogP) is 3.49. The molecule has 1 aromatic rings. The summed E-state index contributed by atoms with van der Waals surface area (Å²) < 4.78 is 38.8. The number of benzene rings is 1. The molecule has 7 heteroatoms. The third-order valence-electron chi connectivity index (χ3n) is 8.03. The van der Waals surface area contributed by atoms with Crippen molar-refractivity contribution in [1.82, 2.24) is 0 Å². The molecule has 2 unspecified atom stereocenters. The van der Waals surface area contributed by atoms with Gasteiger partial charge in [0.25, 0.3) is 0 Å². The van der Waals surface area contributed by atoms with E-state index in [9.17, 15) is 22.9 Å². The molecule has 4 aliphatic carbocycles. The van der Waals surface area contributed by atoms with Crippen molar-refractivity contribution < 1.29 is 27.6 Å². The van der Waals surface area contributed by atoms with Crippen molar-refractivity contribution in [1.29, 1.82) is 0 Å². The molecule has 6 nitrogen and oxygen atoms in total. The van der Waals surface area contributed by atoms with Gasteiger partial charge in [-0.2, -0.15) is 0 Å². The van der Waals surface area contributed by atoms with Gasteiger partial charge in [-0.1, -0.05) is 13.8 Å². The molecule has 5 rings (SSSR count). The maximum atomic E-state index is 13.0. The van der Waals surface area contributed by atoms with Crippen molar-refractivity contribution in [3.63, 3.8) is 0 Å². The van der Waals surface area contributed by atoms with Gasteiger partial charge in [0.15, 0.2) is 0 Å². The van der Waals surface area contributed by atoms with E-state index in [2.05, 4.69) is 13.8 Å². The van der Waals surface area contributed by atoms with Gasteiger partial charge in [0, 0.05) is 0 Å². The Labute approximate surface area is 172 Å². The molecule has 0 aromatic heterocycles. The van der Waals surface area contributed by atoms with Gasteiger partial charge in [-0.25, -0.2) is 8.42 Å². The van der Waals surface area contributed by atoms with E-state index in [0.717, 1.165) is 44.9 Å². The van der Waals surface area contributed by atoms with Crippen LogP contribution in [0, 0.1) is 29.1 Å². The molecule has 1 aromatic carbocycles. The Morgan fingerprint density at radius 3 is 2.17 bits per heavy atom. The maximum absolute atomic E-state index is 13.0. The fourth-order valence-corrected chi connectivity index (χ4v) is 7.31. The number of aliphatic hydroxyl groups is 1. The summed E-state index contributed by atoms with van der Waals surface area (Å²) in [6.07, 6.45) is 6.28. The van der Waals surface area contributed by atoms with Crippen LogP contribution in [0.5, 0.6) is 5.75 Å². The smallest absolute Gasteiger partial charge is 0.314 e. The zero-order chi connectivity index (χ0) is 21.0. The van der Waals surface area contributed by atoms with Crippen molar-refractivity contribution in [3.8, 4) is 5.75 Å². The zero-order valence-electron chi connectivity index (χ0n) is 17.0. The summed E-state index contributed by atoms with van der Waals surface area (Å²) in [5.41, 5.74) is -0.759. The lowest BCUT2D eigenvalue weighted by Gasteiger charge is -2.64. The third kappa shape index (κ3) is 3.41. The largest absolute Gasteiger partial charge is 0.744 e. The summed E-state index contributed by atoms with van der Waals surface area (Å²) in [6.45, 7) is 4.11. The number of ether oxygens (including phenoxy) is 1. The van der Waals surface area contributed by atoms with Crippen LogP contribution in [0.4, 0.5) is 0 Å². The van der Waals surface area contributed by atoms with Crippen LogP contribution >= 0.6 is 0 Å². The molecule has 0 saturated heterocycles. The zero-order valence-corrected chi connectivity index (χ0v) is 17.8. The van der Waals surface area contributed by atoms with Gasteiger partial charge in [0.1, 0.15) is 15.9 Å². The highest BCUT2D eigenvalue weighted by Gasteiger charge is 2.63. The molecule has 0 aliphatic heterocycles. The lowest BCUT2D eigenvalue weighted by atomic mass is 9.42. The summed E-state index contributed by atoms with van der Waals surface area (Å²) in [5.74, 6) is 0.815. The molecule has 4 saturated carbocycles. The van der Waals surface area contributed by atoms with Crippen LogP contribution in [0.25, 0.3) is 0 Å². The van der Waals surface area contributed by atoms with Crippen molar-refractivity contribution in [3.05, 3.63) is 24.3 Å². The Morgan fingerprint density at radius 2 is 1.69 bits per heavy atom. The Kier molecular flexibility index (Phi) is 5.07. The molecule has 0 spiro atoms. The van der Waals surface area contributed by atoms with Crippen molar-refractivity contribution in [2.24, 2.45) is 29.1 Å². The first-order chi connectivity index (χ1) is 13.6. The quantitative estimate of drug-likeness (QED) is 0.428. The highest BCUT2D eigenvalue weighted by molar-refractivity contribution is 7.85. The minimum atomic E-state index is -4.52. The SMILES string of the molecule is CCC(O)(CC)C12CC3CC(C1)C(C(=O)Oc1ccc(S(=O)(=O)[O-])cc1)C(C3)C2. The second-order valence-electron chi connectivity index (χ2n) is 9.36.